The van der Waals surface area contributed by atoms with Crippen LogP contribution >= 0.6 is 0 Å². The number of nitrogen functional groups attached to an aromatic ring is 1. The maximum Gasteiger partial charge on any atom is 0.243 e. The van der Waals surface area contributed by atoms with Crippen molar-refractivity contribution in [2.24, 2.45) is 0 Å². The van der Waals surface area contributed by atoms with E-state index < -0.39 is 21.9 Å². The van der Waals surface area contributed by atoms with E-state index in [9.17, 15) is 12.8 Å². The maximum absolute atomic E-state index is 13.2. The fourth-order valence-electron chi connectivity index (χ4n) is 1.76. The largest absolute Gasteiger partial charge is 0.398 e. The van der Waals surface area contributed by atoms with Crippen LogP contribution in [0.15, 0.2) is 47.6 Å². The number of hydrogen-bond acceptors (Lipinski definition) is 4. The summed E-state index contributed by atoms with van der Waals surface area (Å²) < 4.78 is 40.1. The van der Waals surface area contributed by atoms with Crippen LogP contribution < -0.4 is 10.5 Å². The summed E-state index contributed by atoms with van der Waals surface area (Å²) in [6.07, 6.45) is 3.13. The third kappa shape index (κ3) is 3.12. The second-order valence-corrected chi connectivity index (χ2v) is 5.99. The number of nitrogens with one attached hydrogen (secondary N) is 1. The van der Waals surface area contributed by atoms with Gasteiger partial charge in [-0.05, 0) is 42.8 Å². The van der Waals surface area contributed by atoms with Gasteiger partial charge in [0.15, 0.2) is 0 Å². The molecule has 20 heavy (non-hydrogen) atoms. The molecular formula is C13H14FN3O2S. The highest BCUT2D eigenvalue weighted by atomic mass is 32.2. The molecule has 3 N–H and O–H groups in total. The molecule has 2 aromatic rings. The van der Waals surface area contributed by atoms with Crippen molar-refractivity contribution in [3.8, 4) is 0 Å². The summed E-state index contributed by atoms with van der Waals surface area (Å²) in [5.74, 6) is -0.656. The molecule has 1 heterocycles. The summed E-state index contributed by atoms with van der Waals surface area (Å²) in [6, 6.07) is 6.15. The van der Waals surface area contributed by atoms with Crippen molar-refractivity contribution in [2.75, 3.05) is 5.73 Å². The Morgan fingerprint density at radius 2 is 1.90 bits per heavy atom. The lowest BCUT2D eigenvalue weighted by Gasteiger charge is -2.15. The number of nitrogens with zero attached hydrogens (tertiary/aromatic N) is 1. The standard InChI is InChI=1S/C13H14FN3O2S/c1-9(10-4-6-16-7-5-10)17-20(18,19)13-8-11(14)2-3-12(13)15/h2-9,17H,15H2,1H3. The summed E-state index contributed by atoms with van der Waals surface area (Å²) in [5.41, 5.74) is 6.34. The lowest BCUT2D eigenvalue weighted by molar-refractivity contribution is 0.564. The molecular weight excluding hydrogens is 281 g/mol. The third-order valence-corrected chi connectivity index (χ3v) is 4.40. The maximum atomic E-state index is 13.2. The first-order valence-electron chi connectivity index (χ1n) is 5.87. The van der Waals surface area contributed by atoms with Gasteiger partial charge in [0.25, 0.3) is 0 Å². The zero-order valence-corrected chi connectivity index (χ0v) is 11.6. The number of benzene rings is 1. The molecule has 0 spiro atoms. The Bertz CT molecular complexity index is 705. The molecule has 0 fully saturated rings. The van der Waals surface area contributed by atoms with E-state index in [2.05, 4.69) is 9.71 Å². The Morgan fingerprint density at radius 3 is 2.55 bits per heavy atom. The van der Waals surface area contributed by atoms with E-state index >= 15 is 0 Å². The van der Waals surface area contributed by atoms with Crippen LogP contribution in [0.4, 0.5) is 10.1 Å². The van der Waals surface area contributed by atoms with Crippen molar-refractivity contribution in [1.29, 1.82) is 0 Å². The highest BCUT2D eigenvalue weighted by Crippen LogP contribution is 2.22. The minimum absolute atomic E-state index is 0.000767. The van der Waals surface area contributed by atoms with Crippen LogP contribution in [-0.4, -0.2) is 13.4 Å². The van der Waals surface area contributed by atoms with E-state index in [1.165, 1.54) is 6.07 Å². The fourth-order valence-corrected chi connectivity index (χ4v) is 3.13. The van der Waals surface area contributed by atoms with Gasteiger partial charge in [-0.25, -0.2) is 17.5 Å². The molecule has 106 valence electrons. The summed E-state index contributed by atoms with van der Waals surface area (Å²) in [5, 5.41) is 0. The van der Waals surface area contributed by atoms with E-state index in [0.717, 1.165) is 17.7 Å². The normalized spacial score (nSPS) is 13.1. The lowest BCUT2D eigenvalue weighted by Crippen LogP contribution is -2.27. The number of aromatic nitrogens is 1. The molecule has 7 heteroatoms. The van der Waals surface area contributed by atoms with Crippen LogP contribution in [0.2, 0.25) is 0 Å². The molecule has 1 atom stereocenters. The minimum Gasteiger partial charge on any atom is -0.398 e. The molecule has 5 nitrogen and oxygen atoms in total. The van der Waals surface area contributed by atoms with Crippen LogP contribution in [0.25, 0.3) is 0 Å². The monoisotopic (exact) mass is 295 g/mol. The molecule has 0 saturated heterocycles. The Hall–Kier alpha value is -1.99. The number of halogens is 1. The van der Waals surface area contributed by atoms with Gasteiger partial charge >= 0.3 is 0 Å². The number of rotatable bonds is 4. The van der Waals surface area contributed by atoms with Crippen molar-refractivity contribution in [3.05, 3.63) is 54.1 Å². The van der Waals surface area contributed by atoms with Gasteiger partial charge in [0, 0.05) is 18.4 Å². The Balaban J connectivity index is 2.30. The predicted molar refractivity (Wildman–Crippen MR) is 73.8 cm³/mol. The van der Waals surface area contributed by atoms with E-state index in [0.29, 0.717) is 0 Å². The predicted octanol–water partition coefficient (Wildman–Crippen LogP) is 1.84. The Kier molecular flexibility index (Phi) is 4.01. The molecule has 0 radical (unpaired) electrons. The number of sulfonamides is 1. The second-order valence-electron chi connectivity index (χ2n) is 4.31. The van der Waals surface area contributed by atoms with Gasteiger partial charge in [-0.2, -0.15) is 0 Å². The molecule has 1 aromatic carbocycles. The lowest BCUT2D eigenvalue weighted by atomic mass is 10.1. The first kappa shape index (κ1) is 14.4. The average Bonchev–Trinajstić information content (AvgIpc) is 2.42. The first-order valence-corrected chi connectivity index (χ1v) is 7.36. The van der Waals surface area contributed by atoms with E-state index in [4.69, 9.17) is 5.73 Å². The van der Waals surface area contributed by atoms with Crippen molar-refractivity contribution in [1.82, 2.24) is 9.71 Å². The second kappa shape index (κ2) is 5.56. The molecule has 2 rings (SSSR count). The van der Waals surface area contributed by atoms with Gasteiger partial charge in [0.05, 0.1) is 5.69 Å². The van der Waals surface area contributed by atoms with Gasteiger partial charge < -0.3 is 5.73 Å². The fraction of sp³-hybridized carbons (Fsp3) is 0.154. The van der Waals surface area contributed by atoms with Crippen LogP contribution in [0.5, 0.6) is 0 Å². The molecule has 0 amide bonds. The molecule has 0 aliphatic carbocycles. The zero-order chi connectivity index (χ0) is 14.8. The zero-order valence-electron chi connectivity index (χ0n) is 10.7. The molecule has 0 aliphatic heterocycles. The highest BCUT2D eigenvalue weighted by molar-refractivity contribution is 7.89. The molecule has 0 aliphatic rings. The molecule has 0 bridgehead atoms. The summed E-state index contributed by atoms with van der Waals surface area (Å²) in [6.45, 7) is 1.68. The van der Waals surface area contributed by atoms with Crippen LogP contribution in [-0.2, 0) is 10.0 Å². The van der Waals surface area contributed by atoms with Crippen molar-refractivity contribution in [2.45, 2.75) is 17.9 Å². The highest BCUT2D eigenvalue weighted by Gasteiger charge is 2.21. The van der Waals surface area contributed by atoms with Gasteiger partial charge in [-0.1, -0.05) is 0 Å². The van der Waals surface area contributed by atoms with Crippen molar-refractivity contribution < 1.29 is 12.8 Å². The number of nitrogens with two attached hydrogens (primary N) is 1. The average molecular weight is 295 g/mol. The third-order valence-electron chi connectivity index (χ3n) is 2.80. The van der Waals surface area contributed by atoms with E-state index in [-0.39, 0.29) is 10.6 Å². The quantitative estimate of drug-likeness (QED) is 0.843. The van der Waals surface area contributed by atoms with Gasteiger partial charge in [-0.3, -0.25) is 4.98 Å². The molecule has 1 aromatic heterocycles. The smallest absolute Gasteiger partial charge is 0.243 e. The number of hydrogen-bond donors (Lipinski definition) is 2. The van der Waals surface area contributed by atoms with Crippen LogP contribution in [0.3, 0.4) is 0 Å². The van der Waals surface area contributed by atoms with Crippen LogP contribution in [0.1, 0.15) is 18.5 Å². The van der Waals surface area contributed by atoms with Gasteiger partial charge in [-0.15, -0.1) is 0 Å². The minimum atomic E-state index is -3.90. The van der Waals surface area contributed by atoms with Gasteiger partial charge in [0.2, 0.25) is 10.0 Å². The summed E-state index contributed by atoms with van der Waals surface area (Å²) >= 11 is 0. The SMILES string of the molecule is CC(NS(=O)(=O)c1cc(F)ccc1N)c1ccncc1. The van der Waals surface area contributed by atoms with E-state index in [1.54, 1.807) is 31.5 Å². The summed E-state index contributed by atoms with van der Waals surface area (Å²) in [7, 11) is -3.90. The van der Waals surface area contributed by atoms with Gasteiger partial charge in [0.1, 0.15) is 10.7 Å². The topological polar surface area (TPSA) is 85.1 Å². The Labute approximate surface area is 116 Å². The molecule has 0 saturated carbocycles. The summed E-state index contributed by atoms with van der Waals surface area (Å²) in [4.78, 5) is 3.60. The number of pyridine rings is 1. The number of anilines is 1. The Morgan fingerprint density at radius 1 is 1.25 bits per heavy atom. The van der Waals surface area contributed by atoms with Crippen molar-refractivity contribution in [3.63, 3.8) is 0 Å². The van der Waals surface area contributed by atoms with E-state index in [1.807, 2.05) is 0 Å². The van der Waals surface area contributed by atoms with Crippen molar-refractivity contribution >= 4 is 15.7 Å². The molecule has 1 unspecified atom stereocenters. The first-order chi connectivity index (χ1) is 9.40. The van der Waals surface area contributed by atoms with Crippen LogP contribution in [0, 0.1) is 5.82 Å².